The summed E-state index contributed by atoms with van der Waals surface area (Å²) in [6.45, 7) is 5.28. The second kappa shape index (κ2) is 7.06. The first-order valence-electron chi connectivity index (χ1n) is 7.78. The van der Waals surface area contributed by atoms with Crippen LogP contribution in [0.25, 0.3) is 0 Å². The molecule has 124 valence electrons. The van der Waals surface area contributed by atoms with Gasteiger partial charge in [-0.2, -0.15) is 0 Å². The van der Waals surface area contributed by atoms with Crippen LogP contribution < -0.4 is 5.32 Å². The van der Waals surface area contributed by atoms with Gasteiger partial charge in [0.25, 0.3) is 0 Å². The molecule has 0 spiro atoms. The van der Waals surface area contributed by atoms with E-state index in [-0.39, 0.29) is 23.8 Å². The molecule has 1 aromatic rings. The Kier molecular flexibility index (Phi) is 5.58. The maximum Gasteiger partial charge on any atom is 0.211 e. The molecule has 1 heterocycles. The lowest BCUT2D eigenvalue weighted by Crippen LogP contribution is -2.50. The van der Waals surface area contributed by atoms with Gasteiger partial charge in [0, 0.05) is 25.2 Å². The van der Waals surface area contributed by atoms with Gasteiger partial charge in [0.15, 0.2) is 0 Å². The van der Waals surface area contributed by atoms with Gasteiger partial charge in [0.2, 0.25) is 10.0 Å². The number of hydrogen-bond acceptors (Lipinski definition) is 3. The number of nitrogens with zero attached hydrogens (tertiary/aromatic N) is 1. The molecule has 1 aromatic carbocycles. The Balaban J connectivity index is 2.02. The molecule has 22 heavy (non-hydrogen) atoms. The first-order chi connectivity index (χ1) is 10.3. The van der Waals surface area contributed by atoms with Crippen molar-refractivity contribution in [2.75, 3.05) is 19.3 Å². The summed E-state index contributed by atoms with van der Waals surface area (Å²) < 4.78 is 37.9. The normalized spacial score (nSPS) is 25.1. The Morgan fingerprint density at radius 2 is 2.00 bits per heavy atom. The second-order valence-electron chi connectivity index (χ2n) is 6.17. The van der Waals surface area contributed by atoms with Gasteiger partial charge in [-0.05, 0) is 36.5 Å². The van der Waals surface area contributed by atoms with Crippen LogP contribution in [0.15, 0.2) is 24.3 Å². The number of piperidine rings is 1. The third kappa shape index (κ3) is 4.27. The quantitative estimate of drug-likeness (QED) is 0.904. The van der Waals surface area contributed by atoms with E-state index in [1.54, 1.807) is 4.31 Å². The molecule has 1 aliphatic heterocycles. The first-order valence-corrected chi connectivity index (χ1v) is 9.62. The SMILES string of the molecule is CC[C@H](N[C@H]1CCN(S(C)(=O)=O)C[C@H]1C)c1ccc(F)cc1. The van der Waals surface area contributed by atoms with Crippen LogP contribution in [0.4, 0.5) is 4.39 Å². The van der Waals surface area contributed by atoms with Crippen molar-refractivity contribution in [3.63, 3.8) is 0 Å². The van der Waals surface area contributed by atoms with Crippen molar-refractivity contribution in [3.05, 3.63) is 35.6 Å². The largest absolute Gasteiger partial charge is 0.307 e. The van der Waals surface area contributed by atoms with Crippen molar-refractivity contribution in [1.82, 2.24) is 9.62 Å². The number of benzene rings is 1. The molecule has 0 bridgehead atoms. The van der Waals surface area contributed by atoms with Crippen molar-refractivity contribution >= 4 is 10.0 Å². The number of rotatable bonds is 5. The second-order valence-corrected chi connectivity index (χ2v) is 8.15. The Bertz CT molecular complexity index is 589. The topological polar surface area (TPSA) is 49.4 Å². The fourth-order valence-corrected chi connectivity index (χ4v) is 4.00. The molecule has 0 amide bonds. The fraction of sp³-hybridized carbons (Fsp3) is 0.625. The summed E-state index contributed by atoms with van der Waals surface area (Å²) in [4.78, 5) is 0. The minimum Gasteiger partial charge on any atom is -0.307 e. The standard InChI is InChI=1S/C16H25FN2O2S/c1-4-15(13-5-7-14(17)8-6-13)18-16-9-10-19(11-12(16)2)22(3,20)21/h5-8,12,15-16,18H,4,9-11H2,1-3H3/t12-,15+,16+/m1/s1. The van der Waals surface area contributed by atoms with Gasteiger partial charge in [-0.15, -0.1) is 0 Å². The molecule has 1 aliphatic rings. The van der Waals surface area contributed by atoms with Gasteiger partial charge in [-0.25, -0.2) is 17.1 Å². The first kappa shape index (κ1) is 17.4. The van der Waals surface area contributed by atoms with E-state index < -0.39 is 10.0 Å². The average Bonchev–Trinajstić information content (AvgIpc) is 2.46. The van der Waals surface area contributed by atoms with Crippen LogP contribution in [0.2, 0.25) is 0 Å². The third-order valence-corrected chi connectivity index (χ3v) is 5.70. The van der Waals surface area contributed by atoms with Crippen LogP contribution in [0, 0.1) is 11.7 Å². The highest BCUT2D eigenvalue weighted by molar-refractivity contribution is 7.88. The highest BCUT2D eigenvalue weighted by atomic mass is 32.2. The lowest BCUT2D eigenvalue weighted by molar-refractivity contribution is 0.206. The van der Waals surface area contributed by atoms with Gasteiger partial charge >= 0.3 is 0 Å². The summed E-state index contributed by atoms with van der Waals surface area (Å²) >= 11 is 0. The molecule has 0 saturated carbocycles. The monoisotopic (exact) mass is 328 g/mol. The van der Waals surface area contributed by atoms with Crippen LogP contribution in [0.5, 0.6) is 0 Å². The summed E-state index contributed by atoms with van der Waals surface area (Å²) in [5, 5.41) is 3.62. The minimum atomic E-state index is -3.11. The molecule has 1 saturated heterocycles. The fourth-order valence-electron chi connectivity index (χ4n) is 3.06. The lowest BCUT2D eigenvalue weighted by Gasteiger charge is -2.38. The number of hydrogen-bond donors (Lipinski definition) is 1. The molecule has 1 N–H and O–H groups in total. The van der Waals surface area contributed by atoms with Crippen molar-refractivity contribution in [2.24, 2.45) is 5.92 Å². The van der Waals surface area contributed by atoms with Crippen LogP contribution in [0.1, 0.15) is 38.3 Å². The van der Waals surface area contributed by atoms with Gasteiger partial charge in [0.1, 0.15) is 5.82 Å². The van der Waals surface area contributed by atoms with Crippen molar-refractivity contribution in [3.8, 4) is 0 Å². The maximum atomic E-state index is 13.0. The van der Waals surface area contributed by atoms with Crippen LogP contribution in [0.3, 0.4) is 0 Å². The third-order valence-electron chi connectivity index (χ3n) is 4.43. The molecule has 4 nitrogen and oxygen atoms in total. The molecule has 3 atom stereocenters. The predicted molar refractivity (Wildman–Crippen MR) is 86.6 cm³/mol. The predicted octanol–water partition coefficient (Wildman–Crippen LogP) is 2.54. The number of nitrogens with one attached hydrogen (secondary N) is 1. The zero-order chi connectivity index (χ0) is 16.3. The molecule has 6 heteroatoms. The van der Waals surface area contributed by atoms with E-state index in [1.807, 2.05) is 12.1 Å². The molecule has 2 rings (SSSR count). The minimum absolute atomic E-state index is 0.165. The zero-order valence-electron chi connectivity index (χ0n) is 13.4. The van der Waals surface area contributed by atoms with E-state index in [1.165, 1.54) is 18.4 Å². The molecule has 0 unspecified atom stereocenters. The van der Waals surface area contributed by atoms with Crippen LogP contribution in [-0.4, -0.2) is 38.1 Å². The van der Waals surface area contributed by atoms with Crippen molar-refractivity contribution < 1.29 is 12.8 Å². The molecule has 0 aromatic heterocycles. The highest BCUT2D eigenvalue weighted by Crippen LogP contribution is 2.24. The van der Waals surface area contributed by atoms with E-state index in [2.05, 4.69) is 19.2 Å². The highest BCUT2D eigenvalue weighted by Gasteiger charge is 2.31. The van der Waals surface area contributed by atoms with E-state index in [0.717, 1.165) is 18.4 Å². The Hall–Kier alpha value is -0.980. The molecule has 0 radical (unpaired) electrons. The molecular formula is C16H25FN2O2S. The Morgan fingerprint density at radius 3 is 2.50 bits per heavy atom. The summed E-state index contributed by atoms with van der Waals surface area (Å²) in [5.74, 6) is 0.0198. The number of sulfonamides is 1. The molecular weight excluding hydrogens is 303 g/mol. The summed E-state index contributed by atoms with van der Waals surface area (Å²) in [6.07, 6.45) is 2.97. The maximum absolute atomic E-state index is 13.0. The van der Waals surface area contributed by atoms with E-state index in [0.29, 0.717) is 13.1 Å². The summed E-state index contributed by atoms with van der Waals surface area (Å²) in [5.41, 5.74) is 1.07. The Labute approximate surface area is 132 Å². The zero-order valence-corrected chi connectivity index (χ0v) is 14.2. The molecule has 1 fully saturated rings. The summed E-state index contributed by atoms with van der Waals surface area (Å²) in [6, 6.07) is 7.02. The van der Waals surface area contributed by atoms with Gasteiger partial charge in [-0.3, -0.25) is 0 Å². The smallest absolute Gasteiger partial charge is 0.211 e. The molecule has 0 aliphatic carbocycles. The van der Waals surface area contributed by atoms with Crippen LogP contribution in [-0.2, 0) is 10.0 Å². The van der Waals surface area contributed by atoms with Crippen molar-refractivity contribution in [1.29, 1.82) is 0 Å². The lowest BCUT2D eigenvalue weighted by atomic mass is 9.93. The van der Waals surface area contributed by atoms with E-state index in [4.69, 9.17) is 0 Å². The van der Waals surface area contributed by atoms with Crippen molar-refractivity contribution in [2.45, 2.75) is 38.8 Å². The van der Waals surface area contributed by atoms with E-state index in [9.17, 15) is 12.8 Å². The summed E-state index contributed by atoms with van der Waals surface area (Å²) in [7, 11) is -3.11. The number of halogens is 1. The van der Waals surface area contributed by atoms with Crippen LogP contribution >= 0.6 is 0 Å². The van der Waals surface area contributed by atoms with Gasteiger partial charge < -0.3 is 5.32 Å². The van der Waals surface area contributed by atoms with E-state index >= 15 is 0 Å². The van der Waals surface area contributed by atoms with Gasteiger partial charge in [-0.1, -0.05) is 26.0 Å². The average molecular weight is 328 g/mol. The Morgan fingerprint density at radius 1 is 1.36 bits per heavy atom. The van der Waals surface area contributed by atoms with Gasteiger partial charge in [0.05, 0.1) is 6.26 Å².